The molecule has 0 saturated heterocycles. The molecule has 1 aromatic heterocycles. The Morgan fingerprint density at radius 1 is 1.64 bits per heavy atom. The molecule has 0 aliphatic heterocycles. The lowest BCUT2D eigenvalue weighted by Gasteiger charge is -2.41. The molecule has 0 radical (unpaired) electrons. The lowest BCUT2D eigenvalue weighted by molar-refractivity contribution is -0.0202. The number of rotatable bonds is 3. The largest absolute Gasteiger partial charge is 0.381 e. The first kappa shape index (κ1) is 9.61. The Balaban J connectivity index is 2.08. The van der Waals surface area contributed by atoms with Crippen molar-refractivity contribution in [3.63, 3.8) is 0 Å². The predicted octanol–water partition coefficient (Wildman–Crippen LogP) is 0.595. The highest BCUT2D eigenvalue weighted by atomic mass is 16.5. The first-order valence-corrected chi connectivity index (χ1v) is 4.82. The van der Waals surface area contributed by atoms with Crippen LogP contribution in [-0.4, -0.2) is 23.4 Å². The number of nitrogens with two attached hydrogens (primary N) is 1. The minimum atomic E-state index is -0.433. The summed E-state index contributed by atoms with van der Waals surface area (Å²) >= 11 is 0. The second-order valence-corrected chi connectivity index (χ2v) is 3.79. The van der Waals surface area contributed by atoms with Crippen LogP contribution in [0.3, 0.4) is 0 Å². The van der Waals surface area contributed by atoms with Gasteiger partial charge in [0.25, 0.3) is 0 Å². The summed E-state index contributed by atoms with van der Waals surface area (Å²) in [5.74, 6) is 1.26. The van der Waals surface area contributed by atoms with Crippen molar-refractivity contribution in [3.05, 3.63) is 11.7 Å². The van der Waals surface area contributed by atoms with Crippen molar-refractivity contribution >= 4 is 0 Å². The third-order valence-corrected chi connectivity index (χ3v) is 2.73. The van der Waals surface area contributed by atoms with Crippen LogP contribution in [0.4, 0.5) is 0 Å². The van der Waals surface area contributed by atoms with Crippen LogP contribution in [0.15, 0.2) is 4.52 Å². The number of ether oxygens (including phenoxy) is 1. The van der Waals surface area contributed by atoms with Crippen LogP contribution < -0.4 is 5.73 Å². The van der Waals surface area contributed by atoms with Crippen LogP contribution in [0.5, 0.6) is 0 Å². The molecule has 2 rings (SSSR count). The maximum atomic E-state index is 6.09. The molecule has 5 heteroatoms. The van der Waals surface area contributed by atoms with Gasteiger partial charge in [0.05, 0.1) is 11.6 Å². The third-order valence-electron chi connectivity index (χ3n) is 2.73. The molecule has 78 valence electrons. The summed E-state index contributed by atoms with van der Waals surface area (Å²) < 4.78 is 10.2. The molecule has 1 aliphatic carbocycles. The van der Waals surface area contributed by atoms with Gasteiger partial charge in [0.2, 0.25) is 5.89 Å². The van der Waals surface area contributed by atoms with Gasteiger partial charge in [-0.25, -0.2) is 0 Å². The van der Waals surface area contributed by atoms with E-state index in [4.69, 9.17) is 15.0 Å². The zero-order valence-electron chi connectivity index (χ0n) is 8.49. The summed E-state index contributed by atoms with van der Waals surface area (Å²) in [6, 6.07) is 0. The Labute approximate surface area is 82.6 Å². The fraction of sp³-hybridized carbons (Fsp3) is 0.778. The molecule has 14 heavy (non-hydrogen) atoms. The van der Waals surface area contributed by atoms with Gasteiger partial charge in [0, 0.05) is 13.5 Å². The van der Waals surface area contributed by atoms with Crippen LogP contribution in [-0.2, 0) is 16.7 Å². The maximum Gasteiger partial charge on any atom is 0.226 e. The lowest BCUT2D eigenvalue weighted by atomic mass is 9.74. The van der Waals surface area contributed by atoms with E-state index in [1.54, 1.807) is 7.11 Å². The first-order chi connectivity index (χ1) is 6.68. The van der Waals surface area contributed by atoms with Crippen LogP contribution >= 0.6 is 0 Å². The highest BCUT2D eigenvalue weighted by Gasteiger charge is 2.46. The van der Waals surface area contributed by atoms with Crippen molar-refractivity contribution in [3.8, 4) is 0 Å². The highest BCUT2D eigenvalue weighted by molar-refractivity contribution is 5.12. The van der Waals surface area contributed by atoms with Gasteiger partial charge in [-0.15, -0.1) is 0 Å². The molecule has 1 aromatic rings. The fourth-order valence-corrected chi connectivity index (χ4v) is 1.70. The van der Waals surface area contributed by atoms with E-state index in [-0.39, 0.29) is 6.10 Å². The van der Waals surface area contributed by atoms with Gasteiger partial charge in [-0.05, 0) is 12.8 Å². The monoisotopic (exact) mass is 197 g/mol. The molecule has 0 aromatic carbocycles. The second kappa shape index (κ2) is 3.33. The Kier molecular flexibility index (Phi) is 2.28. The molecular formula is C9H15N3O2. The zero-order valence-corrected chi connectivity index (χ0v) is 8.49. The first-order valence-electron chi connectivity index (χ1n) is 4.82. The van der Waals surface area contributed by atoms with Crippen LogP contribution in [0.25, 0.3) is 0 Å². The molecule has 5 nitrogen and oxygen atoms in total. The predicted molar refractivity (Wildman–Crippen MR) is 49.6 cm³/mol. The zero-order chi connectivity index (χ0) is 10.2. The third kappa shape index (κ3) is 1.42. The van der Waals surface area contributed by atoms with Gasteiger partial charge < -0.3 is 15.0 Å². The molecule has 0 spiro atoms. The summed E-state index contributed by atoms with van der Waals surface area (Å²) in [6.45, 7) is 1.97. The van der Waals surface area contributed by atoms with Crippen molar-refractivity contribution in [2.24, 2.45) is 5.73 Å². The van der Waals surface area contributed by atoms with E-state index in [1.807, 2.05) is 6.92 Å². The smallest absolute Gasteiger partial charge is 0.226 e. The molecule has 0 bridgehead atoms. The molecule has 0 unspecified atom stereocenters. The van der Waals surface area contributed by atoms with Gasteiger partial charge in [0.1, 0.15) is 0 Å². The summed E-state index contributed by atoms with van der Waals surface area (Å²) in [4.78, 5) is 4.23. The Bertz CT molecular complexity index is 318. The molecular weight excluding hydrogens is 182 g/mol. The van der Waals surface area contributed by atoms with E-state index in [2.05, 4.69) is 10.1 Å². The van der Waals surface area contributed by atoms with Crippen molar-refractivity contribution in [2.45, 2.75) is 37.8 Å². The number of aromatic nitrogens is 2. The van der Waals surface area contributed by atoms with Gasteiger partial charge in [-0.1, -0.05) is 12.1 Å². The Morgan fingerprint density at radius 3 is 2.86 bits per heavy atom. The number of nitrogens with zero attached hydrogens (tertiary/aromatic N) is 2. The summed E-state index contributed by atoms with van der Waals surface area (Å²) in [7, 11) is 1.69. The Morgan fingerprint density at radius 2 is 2.36 bits per heavy atom. The standard InChI is InChI=1S/C9H15N3O2/c1-3-7-11-8(12-14-7)9(10)4-6(5-9)13-2/h6H,3-5,10H2,1-2H3. The molecule has 0 amide bonds. The van der Waals surface area contributed by atoms with E-state index in [0.717, 1.165) is 19.3 Å². The lowest BCUT2D eigenvalue weighted by Crippen LogP contribution is -2.53. The SMILES string of the molecule is CCc1nc(C2(N)CC(OC)C2)no1. The van der Waals surface area contributed by atoms with E-state index >= 15 is 0 Å². The van der Waals surface area contributed by atoms with Crippen molar-refractivity contribution in [1.29, 1.82) is 0 Å². The number of methoxy groups -OCH3 is 1. The molecule has 2 N–H and O–H groups in total. The van der Waals surface area contributed by atoms with Crippen LogP contribution in [0, 0.1) is 0 Å². The van der Waals surface area contributed by atoms with Crippen molar-refractivity contribution in [2.75, 3.05) is 7.11 Å². The number of aryl methyl sites for hydroxylation is 1. The van der Waals surface area contributed by atoms with Gasteiger partial charge in [0.15, 0.2) is 5.82 Å². The van der Waals surface area contributed by atoms with Crippen molar-refractivity contribution in [1.82, 2.24) is 10.1 Å². The molecule has 1 heterocycles. The quantitative estimate of drug-likeness (QED) is 0.767. The number of hydrogen-bond acceptors (Lipinski definition) is 5. The highest BCUT2D eigenvalue weighted by Crippen LogP contribution is 2.38. The summed E-state index contributed by atoms with van der Waals surface area (Å²) in [6.07, 6.45) is 2.53. The second-order valence-electron chi connectivity index (χ2n) is 3.79. The van der Waals surface area contributed by atoms with E-state index < -0.39 is 5.54 Å². The molecule has 1 saturated carbocycles. The minimum Gasteiger partial charge on any atom is -0.381 e. The van der Waals surface area contributed by atoms with Crippen LogP contribution in [0.1, 0.15) is 31.5 Å². The maximum absolute atomic E-state index is 6.09. The molecule has 1 aliphatic rings. The average Bonchev–Trinajstić information content (AvgIpc) is 2.61. The topological polar surface area (TPSA) is 74.2 Å². The van der Waals surface area contributed by atoms with Gasteiger partial charge in [-0.3, -0.25) is 0 Å². The van der Waals surface area contributed by atoms with E-state index in [1.165, 1.54) is 0 Å². The van der Waals surface area contributed by atoms with Gasteiger partial charge in [-0.2, -0.15) is 4.98 Å². The normalized spacial score (nSPS) is 31.5. The minimum absolute atomic E-state index is 0.239. The number of hydrogen-bond donors (Lipinski definition) is 1. The van der Waals surface area contributed by atoms with Crippen molar-refractivity contribution < 1.29 is 9.26 Å². The fourth-order valence-electron chi connectivity index (χ4n) is 1.70. The van der Waals surface area contributed by atoms with Crippen LogP contribution in [0.2, 0.25) is 0 Å². The van der Waals surface area contributed by atoms with E-state index in [9.17, 15) is 0 Å². The molecule has 1 fully saturated rings. The van der Waals surface area contributed by atoms with E-state index in [0.29, 0.717) is 11.7 Å². The summed E-state index contributed by atoms with van der Waals surface area (Å²) in [5.41, 5.74) is 5.66. The summed E-state index contributed by atoms with van der Waals surface area (Å²) in [5, 5.41) is 3.88. The Hall–Kier alpha value is -0.940. The van der Waals surface area contributed by atoms with Gasteiger partial charge >= 0.3 is 0 Å². The average molecular weight is 197 g/mol. The molecule has 0 atom stereocenters.